The van der Waals surface area contributed by atoms with Crippen LogP contribution in [0.25, 0.3) is 0 Å². The van der Waals surface area contributed by atoms with E-state index in [4.69, 9.17) is 10.5 Å². The SMILES string of the molecule is CC1COCC(C)N1C(=O)C1CCC(N)C1.Cl. The van der Waals surface area contributed by atoms with Gasteiger partial charge >= 0.3 is 0 Å². The lowest BCUT2D eigenvalue weighted by Crippen LogP contribution is -2.54. The maximum absolute atomic E-state index is 12.4. The Kier molecular flexibility index (Phi) is 5.22. The van der Waals surface area contributed by atoms with Crippen LogP contribution in [0.15, 0.2) is 0 Å². The molecule has 2 fully saturated rings. The van der Waals surface area contributed by atoms with E-state index in [0.29, 0.717) is 13.2 Å². The average Bonchev–Trinajstić information content (AvgIpc) is 2.64. The second kappa shape index (κ2) is 6.03. The number of carbonyl (C=O) groups excluding carboxylic acids is 1. The Morgan fingerprint density at radius 1 is 1.24 bits per heavy atom. The Hall–Kier alpha value is -0.320. The highest BCUT2D eigenvalue weighted by Crippen LogP contribution is 2.28. The molecule has 1 aliphatic carbocycles. The van der Waals surface area contributed by atoms with Crippen LogP contribution in [-0.2, 0) is 9.53 Å². The lowest BCUT2D eigenvalue weighted by Gasteiger charge is -2.40. The minimum Gasteiger partial charge on any atom is -0.377 e. The zero-order valence-electron chi connectivity index (χ0n) is 10.6. The number of hydrogen-bond acceptors (Lipinski definition) is 3. The third kappa shape index (κ3) is 3.12. The topological polar surface area (TPSA) is 55.6 Å². The first-order chi connectivity index (χ1) is 7.59. The van der Waals surface area contributed by atoms with Gasteiger partial charge in [0, 0.05) is 12.0 Å². The van der Waals surface area contributed by atoms with Gasteiger partial charge in [-0.3, -0.25) is 4.79 Å². The van der Waals surface area contributed by atoms with Gasteiger partial charge in [0.1, 0.15) is 0 Å². The summed E-state index contributed by atoms with van der Waals surface area (Å²) >= 11 is 0. The molecular formula is C12H23ClN2O2. The van der Waals surface area contributed by atoms with E-state index >= 15 is 0 Å². The first-order valence-corrected chi connectivity index (χ1v) is 6.25. The third-order valence-corrected chi connectivity index (χ3v) is 3.74. The smallest absolute Gasteiger partial charge is 0.226 e. The summed E-state index contributed by atoms with van der Waals surface area (Å²) in [5, 5.41) is 0. The van der Waals surface area contributed by atoms with Gasteiger partial charge in [0.15, 0.2) is 0 Å². The van der Waals surface area contributed by atoms with Crippen LogP contribution in [0.2, 0.25) is 0 Å². The number of ether oxygens (including phenoxy) is 1. The molecule has 1 amide bonds. The summed E-state index contributed by atoms with van der Waals surface area (Å²) in [5.74, 6) is 0.439. The van der Waals surface area contributed by atoms with E-state index in [-0.39, 0.29) is 42.4 Å². The van der Waals surface area contributed by atoms with E-state index in [9.17, 15) is 4.79 Å². The maximum Gasteiger partial charge on any atom is 0.226 e. The zero-order chi connectivity index (χ0) is 11.7. The summed E-state index contributed by atoms with van der Waals surface area (Å²) < 4.78 is 5.44. The number of halogens is 1. The highest BCUT2D eigenvalue weighted by atomic mass is 35.5. The molecule has 17 heavy (non-hydrogen) atoms. The van der Waals surface area contributed by atoms with Gasteiger partial charge in [-0.05, 0) is 33.1 Å². The first-order valence-electron chi connectivity index (χ1n) is 6.25. The molecule has 5 heteroatoms. The van der Waals surface area contributed by atoms with Crippen molar-refractivity contribution in [2.24, 2.45) is 11.7 Å². The average molecular weight is 263 g/mol. The molecule has 100 valence electrons. The zero-order valence-corrected chi connectivity index (χ0v) is 11.4. The van der Waals surface area contributed by atoms with Crippen molar-refractivity contribution >= 4 is 18.3 Å². The maximum atomic E-state index is 12.4. The third-order valence-electron chi connectivity index (χ3n) is 3.74. The molecule has 4 atom stereocenters. The molecule has 0 aromatic rings. The van der Waals surface area contributed by atoms with Gasteiger partial charge in [-0.2, -0.15) is 0 Å². The fraction of sp³-hybridized carbons (Fsp3) is 0.917. The van der Waals surface area contributed by atoms with Crippen molar-refractivity contribution in [3.05, 3.63) is 0 Å². The standard InChI is InChI=1S/C12H22N2O2.ClH/c1-8-6-16-7-9(2)14(8)12(15)10-3-4-11(13)5-10;/h8-11H,3-7,13H2,1-2H3;1H. The summed E-state index contributed by atoms with van der Waals surface area (Å²) in [4.78, 5) is 14.4. The normalized spacial score (nSPS) is 37.7. The molecule has 0 spiro atoms. The van der Waals surface area contributed by atoms with E-state index in [0.717, 1.165) is 19.3 Å². The molecule has 0 bridgehead atoms. The summed E-state index contributed by atoms with van der Waals surface area (Å²) in [7, 11) is 0. The minimum atomic E-state index is 0. The molecule has 2 N–H and O–H groups in total. The van der Waals surface area contributed by atoms with Crippen molar-refractivity contribution in [1.29, 1.82) is 0 Å². The number of amides is 1. The van der Waals surface area contributed by atoms with E-state index < -0.39 is 0 Å². The van der Waals surface area contributed by atoms with Crippen LogP contribution >= 0.6 is 12.4 Å². The van der Waals surface area contributed by atoms with Crippen LogP contribution in [0.4, 0.5) is 0 Å². The number of hydrogen-bond donors (Lipinski definition) is 1. The molecular weight excluding hydrogens is 240 g/mol. The highest BCUT2D eigenvalue weighted by molar-refractivity contribution is 5.85. The minimum absolute atomic E-state index is 0. The van der Waals surface area contributed by atoms with Crippen LogP contribution in [-0.4, -0.2) is 42.1 Å². The molecule has 4 nitrogen and oxygen atoms in total. The predicted molar refractivity (Wildman–Crippen MR) is 69.2 cm³/mol. The van der Waals surface area contributed by atoms with Crippen molar-refractivity contribution in [2.75, 3.05) is 13.2 Å². The number of morpholine rings is 1. The predicted octanol–water partition coefficient (Wildman–Crippen LogP) is 1.17. The second-order valence-electron chi connectivity index (χ2n) is 5.25. The summed E-state index contributed by atoms with van der Waals surface area (Å²) in [6.07, 6.45) is 2.80. The molecule has 2 aliphatic rings. The molecule has 0 aromatic heterocycles. The largest absolute Gasteiger partial charge is 0.377 e. The molecule has 0 aromatic carbocycles. The fourth-order valence-corrected chi connectivity index (χ4v) is 2.89. The van der Waals surface area contributed by atoms with Crippen molar-refractivity contribution in [2.45, 2.75) is 51.2 Å². The van der Waals surface area contributed by atoms with Gasteiger partial charge in [-0.15, -0.1) is 12.4 Å². The van der Waals surface area contributed by atoms with Crippen molar-refractivity contribution in [3.8, 4) is 0 Å². The van der Waals surface area contributed by atoms with Crippen LogP contribution in [0.5, 0.6) is 0 Å². The molecule has 1 saturated carbocycles. The Labute approximate surface area is 109 Å². The van der Waals surface area contributed by atoms with Gasteiger partial charge in [0.25, 0.3) is 0 Å². The molecule has 1 aliphatic heterocycles. The molecule has 2 rings (SSSR count). The molecule has 4 unspecified atom stereocenters. The van der Waals surface area contributed by atoms with Gasteiger partial charge < -0.3 is 15.4 Å². The van der Waals surface area contributed by atoms with Crippen molar-refractivity contribution in [3.63, 3.8) is 0 Å². The monoisotopic (exact) mass is 262 g/mol. The van der Waals surface area contributed by atoms with E-state index in [1.807, 2.05) is 4.90 Å². The first kappa shape index (κ1) is 14.7. The van der Waals surface area contributed by atoms with Crippen molar-refractivity contribution in [1.82, 2.24) is 4.90 Å². The van der Waals surface area contributed by atoms with E-state index in [1.165, 1.54) is 0 Å². The van der Waals surface area contributed by atoms with Crippen molar-refractivity contribution < 1.29 is 9.53 Å². The van der Waals surface area contributed by atoms with E-state index in [2.05, 4.69) is 13.8 Å². The number of carbonyl (C=O) groups is 1. The Morgan fingerprint density at radius 2 is 1.82 bits per heavy atom. The lowest BCUT2D eigenvalue weighted by molar-refractivity contribution is -0.148. The quantitative estimate of drug-likeness (QED) is 0.772. The number of nitrogens with two attached hydrogens (primary N) is 1. The summed E-state index contributed by atoms with van der Waals surface area (Å²) in [6, 6.07) is 0.627. The number of rotatable bonds is 1. The van der Waals surface area contributed by atoms with Gasteiger partial charge in [0.2, 0.25) is 5.91 Å². The second-order valence-corrected chi connectivity index (χ2v) is 5.25. The van der Waals surface area contributed by atoms with Crippen LogP contribution in [0.1, 0.15) is 33.1 Å². The lowest BCUT2D eigenvalue weighted by atomic mass is 10.0. The molecule has 1 saturated heterocycles. The van der Waals surface area contributed by atoms with Crippen LogP contribution in [0, 0.1) is 5.92 Å². The van der Waals surface area contributed by atoms with E-state index in [1.54, 1.807) is 0 Å². The van der Waals surface area contributed by atoms with Gasteiger partial charge in [-0.1, -0.05) is 0 Å². The van der Waals surface area contributed by atoms with Crippen LogP contribution in [0.3, 0.4) is 0 Å². The summed E-state index contributed by atoms with van der Waals surface area (Å²) in [6.45, 7) is 5.44. The van der Waals surface area contributed by atoms with Gasteiger partial charge in [0.05, 0.1) is 25.3 Å². The number of nitrogens with zero attached hydrogens (tertiary/aromatic N) is 1. The Bertz CT molecular complexity index is 265. The molecule has 1 heterocycles. The summed E-state index contributed by atoms with van der Waals surface area (Å²) in [5.41, 5.74) is 5.87. The Balaban J connectivity index is 0.00000144. The fourth-order valence-electron chi connectivity index (χ4n) is 2.89. The molecule has 0 radical (unpaired) electrons. The van der Waals surface area contributed by atoms with Gasteiger partial charge in [-0.25, -0.2) is 0 Å². The Morgan fingerprint density at radius 3 is 2.29 bits per heavy atom. The highest BCUT2D eigenvalue weighted by Gasteiger charge is 2.36. The van der Waals surface area contributed by atoms with Crippen LogP contribution < -0.4 is 5.73 Å².